The molecule has 0 atom stereocenters. The van der Waals surface area contributed by atoms with Gasteiger partial charge in [-0.1, -0.05) is 24.3 Å². The summed E-state index contributed by atoms with van der Waals surface area (Å²) in [6.45, 7) is 0. The standard InChI is InChI=1S/C20H12N2/c1-3-15-11-21-7-5-17(15)19-10-14-2-4-16-12-22-8-6-18(16)20(14)9-13(1)19/h1-12H. The van der Waals surface area contributed by atoms with Crippen molar-refractivity contribution in [1.82, 2.24) is 9.97 Å². The van der Waals surface area contributed by atoms with E-state index in [1.54, 1.807) is 0 Å². The van der Waals surface area contributed by atoms with Gasteiger partial charge in [0.1, 0.15) is 0 Å². The van der Waals surface area contributed by atoms with Gasteiger partial charge in [-0.05, 0) is 56.6 Å². The Morgan fingerprint density at radius 1 is 0.455 bits per heavy atom. The smallest absolute Gasteiger partial charge is 0.0346 e. The number of rotatable bonds is 0. The van der Waals surface area contributed by atoms with Crippen LogP contribution in [0.3, 0.4) is 0 Å². The quantitative estimate of drug-likeness (QED) is 0.292. The molecule has 0 unspecified atom stereocenters. The summed E-state index contributed by atoms with van der Waals surface area (Å²) in [6, 6.07) is 17.4. The van der Waals surface area contributed by atoms with Crippen molar-refractivity contribution in [2.24, 2.45) is 0 Å². The Morgan fingerprint density at radius 2 is 0.909 bits per heavy atom. The van der Waals surface area contributed by atoms with Gasteiger partial charge in [-0.2, -0.15) is 0 Å². The van der Waals surface area contributed by atoms with Crippen LogP contribution < -0.4 is 0 Å². The number of hydrogen-bond donors (Lipinski definition) is 0. The largest absolute Gasteiger partial charge is 0.264 e. The van der Waals surface area contributed by atoms with E-state index in [-0.39, 0.29) is 0 Å². The van der Waals surface area contributed by atoms with Crippen molar-refractivity contribution in [1.29, 1.82) is 0 Å². The second-order valence-electron chi connectivity index (χ2n) is 5.62. The molecule has 0 N–H and O–H groups in total. The Hall–Kier alpha value is -3.00. The number of aromatic nitrogens is 2. The molecule has 0 saturated heterocycles. The summed E-state index contributed by atoms with van der Waals surface area (Å²) >= 11 is 0. The minimum Gasteiger partial charge on any atom is -0.264 e. The van der Waals surface area contributed by atoms with Crippen LogP contribution in [-0.2, 0) is 0 Å². The van der Waals surface area contributed by atoms with E-state index in [2.05, 4.69) is 58.5 Å². The molecule has 0 radical (unpaired) electrons. The van der Waals surface area contributed by atoms with E-state index in [9.17, 15) is 0 Å². The molecule has 0 fully saturated rings. The number of hydrogen-bond acceptors (Lipinski definition) is 2. The molecule has 102 valence electrons. The summed E-state index contributed by atoms with van der Waals surface area (Å²) in [5.74, 6) is 0. The van der Waals surface area contributed by atoms with Crippen LogP contribution in [0.5, 0.6) is 0 Å². The van der Waals surface area contributed by atoms with E-state index in [1.807, 2.05) is 24.8 Å². The molecule has 0 spiro atoms. The first-order valence-corrected chi connectivity index (χ1v) is 7.33. The molecule has 0 bridgehead atoms. The van der Waals surface area contributed by atoms with Gasteiger partial charge < -0.3 is 0 Å². The Morgan fingerprint density at radius 3 is 1.41 bits per heavy atom. The van der Waals surface area contributed by atoms with Crippen molar-refractivity contribution in [3.8, 4) is 0 Å². The van der Waals surface area contributed by atoms with Crippen LogP contribution in [0.15, 0.2) is 73.3 Å². The molecular weight excluding hydrogens is 268 g/mol. The predicted molar refractivity (Wildman–Crippen MR) is 92.1 cm³/mol. The molecule has 2 nitrogen and oxygen atoms in total. The predicted octanol–water partition coefficient (Wildman–Crippen LogP) is 5.09. The van der Waals surface area contributed by atoms with E-state index in [1.165, 1.54) is 43.1 Å². The normalized spacial score (nSPS) is 11.6. The van der Waals surface area contributed by atoms with Gasteiger partial charge in [-0.15, -0.1) is 0 Å². The van der Waals surface area contributed by atoms with E-state index in [0.717, 1.165) is 0 Å². The molecule has 2 heteroatoms. The van der Waals surface area contributed by atoms with Gasteiger partial charge in [0.15, 0.2) is 0 Å². The summed E-state index contributed by atoms with van der Waals surface area (Å²) in [7, 11) is 0. The average Bonchev–Trinajstić information content (AvgIpc) is 2.60. The zero-order valence-electron chi connectivity index (χ0n) is 11.8. The van der Waals surface area contributed by atoms with Crippen molar-refractivity contribution in [2.75, 3.05) is 0 Å². The average molecular weight is 280 g/mol. The highest BCUT2D eigenvalue weighted by Gasteiger charge is 2.05. The summed E-state index contributed by atoms with van der Waals surface area (Å²) in [5, 5.41) is 9.94. The molecule has 3 aromatic carbocycles. The number of pyridine rings is 2. The van der Waals surface area contributed by atoms with Crippen LogP contribution in [0.4, 0.5) is 0 Å². The zero-order valence-corrected chi connectivity index (χ0v) is 11.8. The molecular formula is C20H12N2. The number of benzene rings is 3. The molecule has 0 aliphatic carbocycles. The lowest BCUT2D eigenvalue weighted by Gasteiger charge is -2.08. The number of nitrogens with zero attached hydrogens (tertiary/aromatic N) is 2. The molecule has 5 aromatic rings. The maximum absolute atomic E-state index is 4.22. The first kappa shape index (κ1) is 11.6. The van der Waals surface area contributed by atoms with E-state index in [0.29, 0.717) is 0 Å². The van der Waals surface area contributed by atoms with Crippen molar-refractivity contribution >= 4 is 43.1 Å². The fraction of sp³-hybridized carbons (Fsp3) is 0. The lowest BCUT2D eigenvalue weighted by Crippen LogP contribution is -1.83. The fourth-order valence-electron chi connectivity index (χ4n) is 3.30. The highest BCUT2D eigenvalue weighted by Crippen LogP contribution is 2.32. The first-order valence-electron chi connectivity index (χ1n) is 7.33. The van der Waals surface area contributed by atoms with Gasteiger partial charge in [0.05, 0.1) is 0 Å². The Kier molecular flexibility index (Phi) is 2.25. The maximum atomic E-state index is 4.22. The Bertz CT molecular complexity index is 1080. The molecule has 0 amide bonds. The van der Waals surface area contributed by atoms with Crippen molar-refractivity contribution in [2.45, 2.75) is 0 Å². The third-order valence-corrected chi connectivity index (χ3v) is 4.39. The Labute approximate surface area is 127 Å². The SMILES string of the molecule is c1cc2c(ccc3cc4c(ccc5cnccc54)cc32)cn1. The molecule has 2 heterocycles. The molecule has 22 heavy (non-hydrogen) atoms. The lowest BCUT2D eigenvalue weighted by molar-refractivity contribution is 1.37. The third-order valence-electron chi connectivity index (χ3n) is 4.39. The van der Waals surface area contributed by atoms with Crippen molar-refractivity contribution in [3.63, 3.8) is 0 Å². The van der Waals surface area contributed by atoms with Gasteiger partial charge in [-0.3, -0.25) is 9.97 Å². The van der Waals surface area contributed by atoms with Crippen molar-refractivity contribution < 1.29 is 0 Å². The second-order valence-corrected chi connectivity index (χ2v) is 5.62. The van der Waals surface area contributed by atoms with Crippen LogP contribution >= 0.6 is 0 Å². The Balaban J connectivity index is 2.02. The van der Waals surface area contributed by atoms with Crippen LogP contribution in [-0.4, -0.2) is 9.97 Å². The number of fused-ring (bicyclic) bond motifs is 6. The van der Waals surface area contributed by atoms with Gasteiger partial charge >= 0.3 is 0 Å². The molecule has 0 aliphatic rings. The molecule has 0 saturated carbocycles. The van der Waals surface area contributed by atoms with Gasteiger partial charge in [0.2, 0.25) is 0 Å². The van der Waals surface area contributed by atoms with Crippen LogP contribution in [0.2, 0.25) is 0 Å². The summed E-state index contributed by atoms with van der Waals surface area (Å²) in [4.78, 5) is 8.43. The molecule has 2 aromatic heterocycles. The molecule has 0 aliphatic heterocycles. The minimum atomic E-state index is 1.18. The summed E-state index contributed by atoms with van der Waals surface area (Å²) in [5.41, 5.74) is 0. The minimum absolute atomic E-state index is 1.18. The third kappa shape index (κ3) is 1.55. The highest BCUT2D eigenvalue weighted by atomic mass is 14.6. The van der Waals surface area contributed by atoms with Gasteiger partial charge in [0, 0.05) is 35.6 Å². The van der Waals surface area contributed by atoms with Crippen LogP contribution in [0.25, 0.3) is 43.1 Å². The maximum Gasteiger partial charge on any atom is 0.0346 e. The van der Waals surface area contributed by atoms with Crippen LogP contribution in [0.1, 0.15) is 0 Å². The fourth-order valence-corrected chi connectivity index (χ4v) is 3.30. The van der Waals surface area contributed by atoms with Gasteiger partial charge in [0.25, 0.3) is 0 Å². The van der Waals surface area contributed by atoms with E-state index < -0.39 is 0 Å². The van der Waals surface area contributed by atoms with Crippen molar-refractivity contribution in [3.05, 3.63) is 73.3 Å². The molecule has 5 rings (SSSR count). The van der Waals surface area contributed by atoms with E-state index >= 15 is 0 Å². The zero-order chi connectivity index (χ0) is 14.5. The van der Waals surface area contributed by atoms with Crippen LogP contribution in [0, 0.1) is 0 Å². The second kappa shape index (κ2) is 4.25. The highest BCUT2D eigenvalue weighted by molar-refractivity contribution is 6.16. The van der Waals surface area contributed by atoms with Gasteiger partial charge in [-0.25, -0.2) is 0 Å². The first-order chi connectivity index (χ1) is 10.9. The monoisotopic (exact) mass is 280 g/mol. The van der Waals surface area contributed by atoms with E-state index in [4.69, 9.17) is 0 Å². The topological polar surface area (TPSA) is 25.8 Å². The summed E-state index contributed by atoms with van der Waals surface area (Å²) in [6.07, 6.45) is 7.56. The lowest BCUT2D eigenvalue weighted by atomic mass is 9.97. The summed E-state index contributed by atoms with van der Waals surface area (Å²) < 4.78 is 0.